The second kappa shape index (κ2) is 6.73. The molecular formula is C20H24FN3O. The van der Waals surface area contributed by atoms with Gasteiger partial charge in [-0.05, 0) is 36.5 Å². The van der Waals surface area contributed by atoms with Gasteiger partial charge in [0.25, 0.3) is 0 Å². The maximum Gasteiger partial charge on any atom is 0.164 e. The molecule has 1 atom stereocenters. The van der Waals surface area contributed by atoms with Crippen molar-refractivity contribution in [2.24, 2.45) is 0 Å². The molecule has 25 heavy (non-hydrogen) atoms. The lowest BCUT2D eigenvalue weighted by molar-refractivity contribution is -0.0111. The number of hydrogen-bond donors (Lipinski definition) is 1. The summed E-state index contributed by atoms with van der Waals surface area (Å²) in [7, 11) is 0. The van der Waals surface area contributed by atoms with Crippen molar-refractivity contribution in [3.8, 4) is 0 Å². The number of piperidine rings is 1. The molecule has 132 valence electrons. The average molecular weight is 341 g/mol. The third kappa shape index (κ3) is 3.53. The van der Waals surface area contributed by atoms with Crippen LogP contribution >= 0.6 is 0 Å². The zero-order valence-corrected chi connectivity index (χ0v) is 14.4. The van der Waals surface area contributed by atoms with Gasteiger partial charge in [-0.2, -0.15) is 0 Å². The number of benzene rings is 1. The van der Waals surface area contributed by atoms with Gasteiger partial charge in [-0.1, -0.05) is 24.3 Å². The number of aliphatic hydroxyl groups is 1. The van der Waals surface area contributed by atoms with Crippen LogP contribution in [0.4, 0.5) is 10.1 Å². The lowest BCUT2D eigenvalue weighted by Crippen LogP contribution is -2.55. The summed E-state index contributed by atoms with van der Waals surface area (Å²) in [5.74, 6) is -0.321. The zero-order chi connectivity index (χ0) is 17.3. The van der Waals surface area contributed by atoms with Gasteiger partial charge in [0.05, 0.1) is 17.5 Å². The van der Waals surface area contributed by atoms with Crippen molar-refractivity contribution in [3.63, 3.8) is 0 Å². The molecule has 1 fully saturated rings. The Hall–Kier alpha value is -1.98. The van der Waals surface area contributed by atoms with E-state index >= 15 is 0 Å². The van der Waals surface area contributed by atoms with Crippen LogP contribution in [-0.2, 0) is 13.0 Å². The van der Waals surface area contributed by atoms with Crippen LogP contribution in [0.5, 0.6) is 0 Å². The predicted octanol–water partition coefficient (Wildman–Crippen LogP) is 2.61. The van der Waals surface area contributed by atoms with Crippen LogP contribution in [0.15, 0.2) is 42.7 Å². The molecule has 0 radical (unpaired) electrons. The Bertz CT molecular complexity index is 753. The molecule has 4 nitrogen and oxygen atoms in total. The third-order valence-corrected chi connectivity index (χ3v) is 5.37. The van der Waals surface area contributed by atoms with E-state index in [-0.39, 0.29) is 5.82 Å². The summed E-state index contributed by atoms with van der Waals surface area (Å²) in [5, 5.41) is 11.2. The fourth-order valence-corrected chi connectivity index (χ4v) is 4.18. The first-order valence-corrected chi connectivity index (χ1v) is 8.99. The fourth-order valence-electron chi connectivity index (χ4n) is 4.18. The second-order valence-electron chi connectivity index (χ2n) is 7.31. The number of anilines is 1. The summed E-state index contributed by atoms with van der Waals surface area (Å²) in [6.07, 6.45) is 5.49. The maximum absolute atomic E-state index is 14.1. The molecule has 5 heteroatoms. The number of β-amino-alcohol motifs (C(OH)–C–C–N with tert-alkyl or cyclic N) is 1. The molecule has 1 saturated heterocycles. The molecule has 2 aromatic rings. The largest absolute Gasteiger partial charge is 0.387 e. The van der Waals surface area contributed by atoms with Gasteiger partial charge in [-0.3, -0.25) is 9.88 Å². The SMILES string of the molecule is OC1(CN2CCc3ccccc3C2)CCCN(c2ccncc2F)C1. The Balaban J connectivity index is 1.46. The Kier molecular flexibility index (Phi) is 4.44. The summed E-state index contributed by atoms with van der Waals surface area (Å²) < 4.78 is 14.1. The number of pyridine rings is 1. The van der Waals surface area contributed by atoms with Gasteiger partial charge in [0, 0.05) is 38.9 Å². The Morgan fingerprint density at radius 1 is 1.16 bits per heavy atom. The van der Waals surface area contributed by atoms with Gasteiger partial charge in [-0.15, -0.1) is 0 Å². The number of halogens is 1. The highest BCUT2D eigenvalue weighted by Gasteiger charge is 2.36. The molecule has 1 aromatic carbocycles. The highest BCUT2D eigenvalue weighted by Crippen LogP contribution is 2.29. The molecule has 0 saturated carbocycles. The second-order valence-corrected chi connectivity index (χ2v) is 7.31. The number of aromatic nitrogens is 1. The Morgan fingerprint density at radius 2 is 2.00 bits per heavy atom. The first-order valence-electron chi connectivity index (χ1n) is 8.99. The minimum absolute atomic E-state index is 0.321. The van der Waals surface area contributed by atoms with Crippen LogP contribution in [0.3, 0.4) is 0 Å². The van der Waals surface area contributed by atoms with Gasteiger partial charge in [0.2, 0.25) is 0 Å². The first-order chi connectivity index (χ1) is 12.1. The molecule has 1 unspecified atom stereocenters. The fraction of sp³-hybridized carbons (Fsp3) is 0.450. The van der Waals surface area contributed by atoms with Crippen LogP contribution < -0.4 is 4.90 Å². The molecule has 1 aromatic heterocycles. The molecule has 3 heterocycles. The van der Waals surface area contributed by atoms with Crippen molar-refractivity contribution in [2.75, 3.05) is 31.1 Å². The van der Waals surface area contributed by atoms with E-state index in [1.165, 1.54) is 17.3 Å². The maximum atomic E-state index is 14.1. The Labute approximate surface area is 147 Å². The van der Waals surface area contributed by atoms with Crippen LogP contribution in [0.25, 0.3) is 0 Å². The quantitative estimate of drug-likeness (QED) is 0.932. The topological polar surface area (TPSA) is 39.6 Å². The minimum atomic E-state index is -0.805. The first kappa shape index (κ1) is 16.5. The standard InChI is InChI=1S/C20H24FN3O/c21-18-12-22-9-6-19(18)24-10-3-8-20(25,15-24)14-23-11-7-16-4-1-2-5-17(16)13-23/h1-2,4-6,9,12,25H,3,7-8,10-11,13-15H2. The molecule has 0 amide bonds. The number of fused-ring (bicyclic) bond motifs is 1. The summed E-state index contributed by atoms with van der Waals surface area (Å²) in [6.45, 7) is 3.70. The summed E-state index contributed by atoms with van der Waals surface area (Å²) >= 11 is 0. The lowest BCUT2D eigenvalue weighted by atomic mass is 9.90. The Morgan fingerprint density at radius 3 is 2.84 bits per heavy atom. The van der Waals surface area contributed by atoms with Gasteiger partial charge in [0.1, 0.15) is 0 Å². The number of nitrogens with zero attached hydrogens (tertiary/aromatic N) is 3. The molecule has 0 aliphatic carbocycles. The highest BCUT2D eigenvalue weighted by atomic mass is 19.1. The van der Waals surface area contributed by atoms with E-state index in [1.807, 2.05) is 4.90 Å². The monoisotopic (exact) mass is 341 g/mol. The molecular weight excluding hydrogens is 317 g/mol. The van der Waals surface area contributed by atoms with Crippen molar-refractivity contribution < 1.29 is 9.50 Å². The van der Waals surface area contributed by atoms with Gasteiger partial charge in [0.15, 0.2) is 5.82 Å². The highest BCUT2D eigenvalue weighted by molar-refractivity contribution is 5.47. The molecule has 2 aliphatic heterocycles. The molecule has 0 spiro atoms. The van der Waals surface area contributed by atoms with Crippen LogP contribution in [0.2, 0.25) is 0 Å². The molecule has 1 N–H and O–H groups in total. The molecule has 4 rings (SSSR count). The van der Waals surface area contributed by atoms with E-state index in [9.17, 15) is 9.50 Å². The summed E-state index contributed by atoms with van der Waals surface area (Å²) in [6, 6.07) is 10.2. The zero-order valence-electron chi connectivity index (χ0n) is 14.4. The molecule has 0 bridgehead atoms. The van der Waals surface area contributed by atoms with E-state index in [0.29, 0.717) is 18.8 Å². The number of hydrogen-bond acceptors (Lipinski definition) is 4. The minimum Gasteiger partial charge on any atom is -0.387 e. The third-order valence-electron chi connectivity index (χ3n) is 5.37. The van der Waals surface area contributed by atoms with E-state index in [2.05, 4.69) is 34.1 Å². The van der Waals surface area contributed by atoms with E-state index < -0.39 is 5.60 Å². The van der Waals surface area contributed by atoms with Crippen molar-refractivity contribution in [1.82, 2.24) is 9.88 Å². The van der Waals surface area contributed by atoms with Crippen LogP contribution in [0.1, 0.15) is 24.0 Å². The van der Waals surface area contributed by atoms with E-state index in [1.54, 1.807) is 12.3 Å². The smallest absolute Gasteiger partial charge is 0.164 e. The predicted molar refractivity (Wildman–Crippen MR) is 96.0 cm³/mol. The van der Waals surface area contributed by atoms with Crippen molar-refractivity contribution in [2.45, 2.75) is 31.4 Å². The van der Waals surface area contributed by atoms with Crippen LogP contribution in [0, 0.1) is 5.82 Å². The van der Waals surface area contributed by atoms with Crippen molar-refractivity contribution >= 4 is 5.69 Å². The average Bonchev–Trinajstić information content (AvgIpc) is 2.62. The van der Waals surface area contributed by atoms with Crippen molar-refractivity contribution in [3.05, 3.63) is 59.7 Å². The lowest BCUT2D eigenvalue weighted by Gasteiger charge is -2.43. The van der Waals surface area contributed by atoms with Crippen LogP contribution in [-0.4, -0.2) is 46.8 Å². The number of rotatable bonds is 3. The van der Waals surface area contributed by atoms with Gasteiger partial charge < -0.3 is 10.0 Å². The van der Waals surface area contributed by atoms with Gasteiger partial charge in [-0.25, -0.2) is 4.39 Å². The van der Waals surface area contributed by atoms with Gasteiger partial charge >= 0.3 is 0 Å². The summed E-state index contributed by atoms with van der Waals surface area (Å²) in [5.41, 5.74) is 2.50. The van der Waals surface area contributed by atoms with E-state index in [0.717, 1.165) is 38.9 Å². The normalized spacial score (nSPS) is 24.2. The van der Waals surface area contributed by atoms with E-state index in [4.69, 9.17) is 0 Å². The van der Waals surface area contributed by atoms with Crippen molar-refractivity contribution in [1.29, 1.82) is 0 Å². The summed E-state index contributed by atoms with van der Waals surface area (Å²) in [4.78, 5) is 8.10. The molecule has 2 aliphatic rings.